The molecule has 4 nitrogen and oxygen atoms in total. The van der Waals surface area contributed by atoms with Crippen LogP contribution in [0.2, 0.25) is 0 Å². The highest BCUT2D eigenvalue weighted by molar-refractivity contribution is 14.1. The third kappa shape index (κ3) is 4.29. The van der Waals surface area contributed by atoms with Crippen molar-refractivity contribution in [2.75, 3.05) is 32.7 Å². The molecule has 0 bridgehead atoms. The van der Waals surface area contributed by atoms with Crippen molar-refractivity contribution in [3.63, 3.8) is 0 Å². The fraction of sp³-hybridized carbons (Fsp3) is 0.600. The molecule has 0 spiro atoms. The van der Waals surface area contributed by atoms with Gasteiger partial charge in [0.15, 0.2) is 0 Å². The Bertz CT molecular complexity index is 279. The van der Waals surface area contributed by atoms with Gasteiger partial charge in [-0.15, -0.1) is 0 Å². The van der Waals surface area contributed by atoms with E-state index in [0.717, 1.165) is 19.6 Å². The molecule has 1 rings (SSSR count). The SMILES string of the molecule is CCN1CCN(C/C=C/C(=O)I)C(=O)C1. The summed E-state index contributed by atoms with van der Waals surface area (Å²) in [5, 5.41) is 0. The van der Waals surface area contributed by atoms with Crippen molar-refractivity contribution in [3.05, 3.63) is 12.2 Å². The Morgan fingerprint density at radius 1 is 1.53 bits per heavy atom. The zero-order chi connectivity index (χ0) is 11.3. The monoisotopic (exact) mass is 322 g/mol. The highest BCUT2D eigenvalue weighted by Gasteiger charge is 2.21. The number of hydrogen-bond acceptors (Lipinski definition) is 3. The number of likely N-dealkylation sites (N-methyl/N-ethyl adjacent to an activating group) is 1. The van der Waals surface area contributed by atoms with Gasteiger partial charge in [-0.3, -0.25) is 14.5 Å². The van der Waals surface area contributed by atoms with E-state index in [2.05, 4.69) is 11.8 Å². The number of carbonyl (C=O) groups excluding carboxylic acids is 2. The minimum Gasteiger partial charge on any atom is -0.337 e. The van der Waals surface area contributed by atoms with Crippen LogP contribution in [-0.2, 0) is 9.59 Å². The number of amides is 1. The number of carbonyl (C=O) groups is 2. The van der Waals surface area contributed by atoms with Gasteiger partial charge in [-0.1, -0.05) is 13.0 Å². The van der Waals surface area contributed by atoms with Gasteiger partial charge in [-0.25, -0.2) is 0 Å². The van der Waals surface area contributed by atoms with Crippen molar-refractivity contribution in [2.45, 2.75) is 6.92 Å². The molecule has 5 heteroatoms. The van der Waals surface area contributed by atoms with Crippen molar-refractivity contribution >= 4 is 32.3 Å². The average molecular weight is 322 g/mol. The van der Waals surface area contributed by atoms with Crippen molar-refractivity contribution in [1.29, 1.82) is 0 Å². The Balaban J connectivity index is 2.38. The first-order chi connectivity index (χ1) is 7.13. The second kappa shape index (κ2) is 6.22. The smallest absolute Gasteiger partial charge is 0.237 e. The molecule has 0 radical (unpaired) electrons. The lowest BCUT2D eigenvalue weighted by atomic mass is 10.3. The van der Waals surface area contributed by atoms with E-state index in [1.807, 2.05) is 0 Å². The maximum atomic E-state index is 11.6. The van der Waals surface area contributed by atoms with E-state index in [1.165, 1.54) is 6.08 Å². The molecule has 0 aliphatic carbocycles. The summed E-state index contributed by atoms with van der Waals surface area (Å²) in [5.41, 5.74) is 0. The molecule has 1 aliphatic rings. The predicted octanol–water partition coefficient (Wildman–Crippen LogP) is 0.668. The minimum absolute atomic E-state index is 0.00718. The van der Waals surface area contributed by atoms with Gasteiger partial charge in [0.25, 0.3) is 0 Å². The average Bonchev–Trinajstić information content (AvgIpc) is 2.20. The number of rotatable bonds is 4. The molecule has 1 heterocycles. The third-order valence-corrected chi connectivity index (χ3v) is 2.78. The maximum absolute atomic E-state index is 11.6. The summed E-state index contributed by atoms with van der Waals surface area (Å²) >= 11 is 1.71. The summed E-state index contributed by atoms with van der Waals surface area (Å²) in [6.45, 7) is 5.70. The quantitative estimate of drug-likeness (QED) is 0.434. The van der Waals surface area contributed by atoms with E-state index < -0.39 is 0 Å². The van der Waals surface area contributed by atoms with Crippen LogP contribution >= 0.6 is 22.6 Å². The molecule has 0 aromatic carbocycles. The lowest BCUT2D eigenvalue weighted by molar-refractivity contribution is -0.135. The molecule has 0 atom stereocenters. The van der Waals surface area contributed by atoms with E-state index in [1.54, 1.807) is 33.6 Å². The van der Waals surface area contributed by atoms with Crippen LogP contribution in [0.25, 0.3) is 0 Å². The molecule has 0 unspecified atom stereocenters. The standard InChI is InChI=1S/C10H15IN2O2/c1-2-12-6-7-13(10(15)8-12)5-3-4-9(11)14/h3-4H,2,5-8H2,1H3/b4-3+. The molecule has 15 heavy (non-hydrogen) atoms. The lowest BCUT2D eigenvalue weighted by Gasteiger charge is -2.32. The van der Waals surface area contributed by atoms with E-state index in [0.29, 0.717) is 13.1 Å². The summed E-state index contributed by atoms with van der Waals surface area (Å²) in [5.74, 6) is 0.147. The van der Waals surface area contributed by atoms with Crippen LogP contribution in [0.15, 0.2) is 12.2 Å². The molecule has 0 N–H and O–H groups in total. The molecular formula is C10H15IN2O2. The Kier molecular flexibility index (Phi) is 5.24. The summed E-state index contributed by atoms with van der Waals surface area (Å²) in [6, 6.07) is 0. The van der Waals surface area contributed by atoms with Gasteiger partial charge in [0.1, 0.15) is 0 Å². The number of nitrogens with zero attached hydrogens (tertiary/aromatic N) is 2. The van der Waals surface area contributed by atoms with Gasteiger partial charge in [0, 0.05) is 42.2 Å². The number of hydrogen-bond donors (Lipinski definition) is 0. The van der Waals surface area contributed by atoms with Crippen molar-refractivity contribution in [1.82, 2.24) is 9.80 Å². The van der Waals surface area contributed by atoms with Crippen molar-refractivity contribution < 1.29 is 9.59 Å². The highest BCUT2D eigenvalue weighted by Crippen LogP contribution is 2.02. The largest absolute Gasteiger partial charge is 0.337 e. The zero-order valence-electron chi connectivity index (χ0n) is 8.78. The maximum Gasteiger partial charge on any atom is 0.237 e. The minimum atomic E-state index is -0.00718. The molecule has 0 aromatic heterocycles. The fourth-order valence-corrected chi connectivity index (χ4v) is 1.75. The Morgan fingerprint density at radius 2 is 2.27 bits per heavy atom. The zero-order valence-corrected chi connectivity index (χ0v) is 10.9. The van der Waals surface area contributed by atoms with Gasteiger partial charge in [-0.05, 0) is 12.6 Å². The fourth-order valence-electron chi connectivity index (χ4n) is 1.49. The van der Waals surface area contributed by atoms with Gasteiger partial charge in [0.05, 0.1) is 6.54 Å². The number of halogens is 1. The first kappa shape index (κ1) is 12.6. The molecule has 1 fully saturated rings. The Hall–Kier alpha value is -0.430. The van der Waals surface area contributed by atoms with Gasteiger partial charge in [-0.2, -0.15) is 0 Å². The molecule has 1 aliphatic heterocycles. The van der Waals surface area contributed by atoms with E-state index >= 15 is 0 Å². The lowest BCUT2D eigenvalue weighted by Crippen LogP contribution is -2.50. The van der Waals surface area contributed by atoms with Crippen molar-refractivity contribution in [3.8, 4) is 0 Å². The second-order valence-electron chi connectivity index (χ2n) is 3.42. The molecular weight excluding hydrogens is 307 g/mol. The summed E-state index contributed by atoms with van der Waals surface area (Å²) in [6.07, 6.45) is 3.24. The number of piperazine rings is 1. The van der Waals surface area contributed by atoms with Crippen LogP contribution in [-0.4, -0.2) is 52.2 Å². The predicted molar refractivity (Wildman–Crippen MR) is 66.9 cm³/mol. The van der Waals surface area contributed by atoms with E-state index in [-0.39, 0.29) is 9.70 Å². The molecule has 84 valence electrons. The highest BCUT2D eigenvalue weighted by atomic mass is 127. The number of allylic oxidation sites excluding steroid dienone is 1. The molecule has 0 aromatic rings. The van der Waals surface area contributed by atoms with Gasteiger partial charge >= 0.3 is 0 Å². The van der Waals surface area contributed by atoms with Crippen LogP contribution in [0.1, 0.15) is 6.92 Å². The molecule has 0 saturated carbocycles. The normalized spacial score (nSPS) is 18.8. The van der Waals surface area contributed by atoms with Crippen LogP contribution in [0.4, 0.5) is 0 Å². The van der Waals surface area contributed by atoms with Crippen LogP contribution < -0.4 is 0 Å². The van der Waals surface area contributed by atoms with Crippen LogP contribution in [0.3, 0.4) is 0 Å². The van der Waals surface area contributed by atoms with Crippen LogP contribution in [0.5, 0.6) is 0 Å². The van der Waals surface area contributed by atoms with Gasteiger partial charge < -0.3 is 4.90 Å². The first-order valence-corrected chi connectivity index (χ1v) is 6.07. The Morgan fingerprint density at radius 3 is 2.80 bits per heavy atom. The third-order valence-electron chi connectivity index (χ3n) is 2.42. The van der Waals surface area contributed by atoms with Gasteiger partial charge in [0.2, 0.25) is 9.70 Å². The van der Waals surface area contributed by atoms with Crippen LogP contribution in [0, 0.1) is 0 Å². The van der Waals surface area contributed by atoms with E-state index in [9.17, 15) is 9.59 Å². The summed E-state index contributed by atoms with van der Waals surface area (Å²) in [7, 11) is 0. The molecule has 1 amide bonds. The Labute approximate surface area is 103 Å². The summed E-state index contributed by atoms with van der Waals surface area (Å²) in [4.78, 5) is 26.2. The van der Waals surface area contributed by atoms with E-state index in [4.69, 9.17) is 0 Å². The second-order valence-corrected chi connectivity index (χ2v) is 4.48. The first-order valence-electron chi connectivity index (χ1n) is 4.99. The summed E-state index contributed by atoms with van der Waals surface area (Å²) < 4.78 is -0.00718. The van der Waals surface area contributed by atoms with Crippen molar-refractivity contribution in [2.24, 2.45) is 0 Å². The molecule has 1 saturated heterocycles. The topological polar surface area (TPSA) is 40.6 Å².